The molecule has 1 fully saturated rings. The largest absolute Gasteiger partial charge is 0.505 e. The standard InChI is InChI=1S/C15H22FN3O.2ClH/c1-2-3-4-13(19-9-7-18-8-10-19)11-5-6-12(16)14(17)15(11)20;;/h2,5-6,13,18,20H,1,3-4,7-10,17H2;2*1H/t13-;;/m0../s1. The van der Waals surface area contributed by atoms with Crippen molar-refractivity contribution < 1.29 is 9.50 Å². The summed E-state index contributed by atoms with van der Waals surface area (Å²) < 4.78 is 13.4. The van der Waals surface area contributed by atoms with Crippen LogP contribution in [0, 0.1) is 5.82 Å². The van der Waals surface area contributed by atoms with Gasteiger partial charge in [0.2, 0.25) is 0 Å². The number of halogens is 3. The van der Waals surface area contributed by atoms with Gasteiger partial charge in [-0.1, -0.05) is 12.1 Å². The van der Waals surface area contributed by atoms with Gasteiger partial charge in [0.05, 0.1) is 0 Å². The Morgan fingerprint density at radius 2 is 2.00 bits per heavy atom. The van der Waals surface area contributed by atoms with Gasteiger partial charge in [0.15, 0.2) is 0 Å². The fourth-order valence-electron chi connectivity index (χ4n) is 2.67. The molecule has 0 saturated carbocycles. The van der Waals surface area contributed by atoms with Gasteiger partial charge < -0.3 is 16.2 Å². The van der Waals surface area contributed by atoms with Crippen LogP contribution < -0.4 is 11.1 Å². The highest BCUT2D eigenvalue weighted by Gasteiger charge is 2.25. The number of nitrogens with one attached hydrogen (secondary N) is 1. The van der Waals surface area contributed by atoms with Gasteiger partial charge in [0.1, 0.15) is 17.3 Å². The molecule has 0 aliphatic carbocycles. The fraction of sp³-hybridized carbons (Fsp3) is 0.467. The fourth-order valence-corrected chi connectivity index (χ4v) is 2.67. The first-order valence-corrected chi connectivity index (χ1v) is 6.97. The van der Waals surface area contributed by atoms with Crippen molar-refractivity contribution in [2.24, 2.45) is 0 Å². The van der Waals surface area contributed by atoms with Crippen molar-refractivity contribution in [1.82, 2.24) is 10.2 Å². The van der Waals surface area contributed by atoms with Crippen LogP contribution in [0.2, 0.25) is 0 Å². The van der Waals surface area contributed by atoms with E-state index in [0.717, 1.165) is 39.0 Å². The number of hydrogen-bond donors (Lipinski definition) is 3. The minimum atomic E-state index is -0.575. The van der Waals surface area contributed by atoms with Crippen LogP contribution in [0.15, 0.2) is 24.8 Å². The maximum atomic E-state index is 13.4. The quantitative estimate of drug-likeness (QED) is 0.433. The summed E-state index contributed by atoms with van der Waals surface area (Å²) in [5, 5.41) is 13.4. The number of aromatic hydroxyl groups is 1. The Balaban J connectivity index is 0.00000220. The number of nitrogens with zero attached hydrogens (tertiary/aromatic N) is 1. The van der Waals surface area contributed by atoms with Gasteiger partial charge >= 0.3 is 0 Å². The molecule has 4 nitrogen and oxygen atoms in total. The number of allylic oxidation sites excluding steroid dienone is 1. The molecular formula is C15H24Cl2FN3O. The Hall–Kier alpha value is -1.01. The van der Waals surface area contributed by atoms with Crippen LogP contribution >= 0.6 is 24.8 Å². The number of nitrogens with two attached hydrogens (primary N) is 1. The van der Waals surface area contributed by atoms with Crippen molar-refractivity contribution in [3.63, 3.8) is 0 Å². The lowest BCUT2D eigenvalue weighted by Crippen LogP contribution is -2.45. The summed E-state index contributed by atoms with van der Waals surface area (Å²) in [6.45, 7) is 7.39. The number of nitrogen functional groups attached to an aromatic ring is 1. The molecule has 7 heteroatoms. The predicted octanol–water partition coefficient (Wildman–Crippen LogP) is 2.87. The van der Waals surface area contributed by atoms with Crippen LogP contribution in [0.3, 0.4) is 0 Å². The summed E-state index contributed by atoms with van der Waals surface area (Å²) in [7, 11) is 0. The molecular weight excluding hydrogens is 328 g/mol. The van der Waals surface area contributed by atoms with E-state index in [2.05, 4.69) is 16.8 Å². The smallest absolute Gasteiger partial charge is 0.149 e. The first-order chi connectivity index (χ1) is 9.65. The number of phenols is 1. The Bertz CT molecular complexity index is 482. The molecule has 1 aliphatic rings. The van der Waals surface area contributed by atoms with Crippen LogP contribution in [-0.2, 0) is 0 Å². The van der Waals surface area contributed by atoms with E-state index in [0.29, 0.717) is 5.56 Å². The topological polar surface area (TPSA) is 61.5 Å². The average Bonchev–Trinajstić information content (AvgIpc) is 2.48. The molecule has 0 unspecified atom stereocenters. The molecule has 0 bridgehead atoms. The van der Waals surface area contributed by atoms with E-state index in [9.17, 15) is 9.50 Å². The zero-order chi connectivity index (χ0) is 14.5. The van der Waals surface area contributed by atoms with Gasteiger partial charge in [-0.15, -0.1) is 31.4 Å². The lowest BCUT2D eigenvalue weighted by atomic mass is 9.97. The predicted molar refractivity (Wildman–Crippen MR) is 93.6 cm³/mol. The molecule has 1 heterocycles. The molecule has 2 rings (SSSR count). The monoisotopic (exact) mass is 351 g/mol. The number of hydrogen-bond acceptors (Lipinski definition) is 4. The third-order valence-corrected chi connectivity index (χ3v) is 3.79. The van der Waals surface area contributed by atoms with E-state index in [1.54, 1.807) is 6.07 Å². The third-order valence-electron chi connectivity index (χ3n) is 3.79. The summed E-state index contributed by atoms with van der Waals surface area (Å²) in [6, 6.07) is 3.00. The minimum Gasteiger partial charge on any atom is -0.505 e. The summed E-state index contributed by atoms with van der Waals surface area (Å²) in [5.74, 6) is -0.702. The summed E-state index contributed by atoms with van der Waals surface area (Å²) >= 11 is 0. The molecule has 1 aromatic rings. The van der Waals surface area contributed by atoms with Crippen LogP contribution in [0.25, 0.3) is 0 Å². The molecule has 22 heavy (non-hydrogen) atoms. The van der Waals surface area contributed by atoms with Crippen molar-refractivity contribution in [3.05, 3.63) is 36.2 Å². The Kier molecular flexibility index (Phi) is 9.44. The van der Waals surface area contributed by atoms with Crippen molar-refractivity contribution in [2.75, 3.05) is 31.9 Å². The van der Waals surface area contributed by atoms with E-state index in [1.165, 1.54) is 6.07 Å². The molecule has 0 spiro atoms. The first-order valence-electron chi connectivity index (χ1n) is 6.97. The van der Waals surface area contributed by atoms with Gasteiger partial charge in [0, 0.05) is 37.8 Å². The van der Waals surface area contributed by atoms with E-state index in [1.807, 2.05) is 6.08 Å². The number of phenolic OH excluding ortho intramolecular Hbond substituents is 1. The van der Waals surface area contributed by atoms with Crippen molar-refractivity contribution in [1.29, 1.82) is 0 Å². The van der Waals surface area contributed by atoms with Crippen LogP contribution in [0.4, 0.5) is 10.1 Å². The minimum absolute atomic E-state index is 0. The maximum Gasteiger partial charge on any atom is 0.149 e. The van der Waals surface area contributed by atoms with E-state index in [-0.39, 0.29) is 42.3 Å². The number of benzene rings is 1. The Morgan fingerprint density at radius 3 is 2.59 bits per heavy atom. The summed E-state index contributed by atoms with van der Waals surface area (Å²) in [4.78, 5) is 2.30. The lowest BCUT2D eigenvalue weighted by molar-refractivity contribution is 0.163. The molecule has 1 atom stereocenters. The molecule has 4 N–H and O–H groups in total. The van der Waals surface area contributed by atoms with Crippen molar-refractivity contribution in [3.8, 4) is 5.75 Å². The summed E-state index contributed by atoms with van der Waals surface area (Å²) in [5.41, 5.74) is 6.14. The van der Waals surface area contributed by atoms with E-state index < -0.39 is 5.82 Å². The van der Waals surface area contributed by atoms with Gasteiger partial charge in [-0.3, -0.25) is 4.90 Å². The zero-order valence-electron chi connectivity index (χ0n) is 12.4. The summed E-state index contributed by atoms with van der Waals surface area (Å²) in [6.07, 6.45) is 3.53. The Labute approximate surface area is 143 Å². The molecule has 1 aliphatic heterocycles. The molecule has 0 aromatic heterocycles. The van der Waals surface area contributed by atoms with Gasteiger partial charge in [-0.2, -0.15) is 0 Å². The number of rotatable bonds is 5. The van der Waals surface area contributed by atoms with E-state index >= 15 is 0 Å². The second kappa shape index (κ2) is 9.90. The van der Waals surface area contributed by atoms with Crippen molar-refractivity contribution >= 4 is 30.5 Å². The number of anilines is 1. The average molecular weight is 352 g/mol. The maximum absolute atomic E-state index is 13.4. The Morgan fingerprint density at radius 1 is 1.36 bits per heavy atom. The van der Waals surface area contributed by atoms with Crippen LogP contribution in [0.1, 0.15) is 24.4 Å². The third kappa shape index (κ3) is 4.74. The van der Waals surface area contributed by atoms with Gasteiger partial charge in [0.25, 0.3) is 0 Å². The second-order valence-corrected chi connectivity index (χ2v) is 5.07. The molecule has 1 saturated heterocycles. The first kappa shape index (κ1) is 21.0. The van der Waals surface area contributed by atoms with E-state index in [4.69, 9.17) is 5.73 Å². The lowest BCUT2D eigenvalue weighted by Gasteiger charge is -2.35. The van der Waals surface area contributed by atoms with Crippen LogP contribution in [-0.4, -0.2) is 36.2 Å². The number of piperazine rings is 1. The van der Waals surface area contributed by atoms with Gasteiger partial charge in [-0.05, 0) is 18.9 Å². The SMILES string of the molecule is C=CCC[C@@H](c1ccc(F)c(N)c1O)N1CCNCC1.Cl.Cl. The molecule has 0 radical (unpaired) electrons. The van der Waals surface area contributed by atoms with Gasteiger partial charge in [-0.25, -0.2) is 4.39 Å². The molecule has 1 aromatic carbocycles. The van der Waals surface area contributed by atoms with Crippen molar-refractivity contribution in [2.45, 2.75) is 18.9 Å². The highest BCUT2D eigenvalue weighted by Crippen LogP contribution is 2.37. The molecule has 126 valence electrons. The highest BCUT2D eigenvalue weighted by molar-refractivity contribution is 5.85. The molecule has 0 amide bonds. The van der Waals surface area contributed by atoms with Crippen LogP contribution in [0.5, 0.6) is 5.75 Å². The highest BCUT2D eigenvalue weighted by atomic mass is 35.5. The normalized spacial score (nSPS) is 16.2. The second-order valence-electron chi connectivity index (χ2n) is 5.07. The zero-order valence-corrected chi connectivity index (χ0v) is 14.1.